The number of carboxylic acid groups (broad SMARTS) is 1. The Morgan fingerprint density at radius 3 is 2.10 bits per heavy atom. The maximum Gasteiger partial charge on any atom is 0.411 e. The zero-order valence-corrected chi connectivity index (χ0v) is 24.7. The first-order chi connectivity index (χ1) is 19.9. The predicted molar refractivity (Wildman–Crippen MR) is 169 cm³/mol. The summed E-state index contributed by atoms with van der Waals surface area (Å²) in [4.78, 5) is 34.8. The van der Waals surface area contributed by atoms with Crippen molar-refractivity contribution in [2.75, 3.05) is 30.0 Å². The maximum absolute atomic E-state index is 11.9. The second kappa shape index (κ2) is 24.1. The van der Waals surface area contributed by atoms with E-state index >= 15 is 0 Å². The topological polar surface area (TPSA) is 125 Å². The number of unbranched alkanes of at least 4 members (excludes halogenated alkanes) is 2. The predicted octanol–water partition coefficient (Wildman–Crippen LogP) is 7.41. The molecular weight excluding hydrogens is 540 g/mol. The molecule has 9 heteroatoms. The number of amides is 2. The Hall–Kier alpha value is -3.72. The fourth-order valence-corrected chi connectivity index (χ4v) is 4.16. The molecule has 0 aliphatic carbocycles. The van der Waals surface area contributed by atoms with E-state index in [0.29, 0.717) is 5.75 Å². The number of aromatic carboxylic acids is 1. The molecule has 0 aliphatic heterocycles. The lowest BCUT2D eigenvalue weighted by atomic mass is 10.2. The van der Waals surface area contributed by atoms with E-state index in [1.807, 2.05) is 0 Å². The average molecular weight is 585 g/mol. The molecule has 0 spiro atoms. The van der Waals surface area contributed by atoms with Crippen LogP contribution in [0.25, 0.3) is 0 Å². The molecule has 0 fully saturated rings. The van der Waals surface area contributed by atoms with Gasteiger partial charge in [0.2, 0.25) is 5.91 Å². The zero-order chi connectivity index (χ0) is 30.0. The van der Waals surface area contributed by atoms with E-state index in [1.165, 1.54) is 12.1 Å². The summed E-state index contributed by atoms with van der Waals surface area (Å²) in [6, 6.07) is 3.65. The van der Waals surface area contributed by atoms with Gasteiger partial charge in [0.15, 0.2) is 0 Å². The van der Waals surface area contributed by atoms with Crippen LogP contribution in [0.3, 0.4) is 0 Å². The van der Waals surface area contributed by atoms with Crippen molar-refractivity contribution in [3.63, 3.8) is 0 Å². The lowest BCUT2D eigenvalue weighted by Gasteiger charge is -2.09. The largest absolute Gasteiger partial charge is 0.507 e. The normalized spacial score (nSPS) is 11.8. The van der Waals surface area contributed by atoms with Crippen molar-refractivity contribution in [3.05, 3.63) is 84.5 Å². The summed E-state index contributed by atoms with van der Waals surface area (Å²) in [5, 5.41) is 23.6. The molecule has 2 amide bonds. The first-order valence-electron chi connectivity index (χ1n) is 14.0. The standard InChI is InChI=1S/C32H44N2O6S/c1-2-3-4-5-6-7-8-9-10-11-12-13-14-15-16-17-18-19-24-41-26-30(36)33-22-23-40-32(39)34-27-20-21-29(35)28(25-27)31(37)38/h3-4,6-7,9-10,12-13,15-16,20-21,25,35H,2,5,8,11,14,17-19,22-24,26H2,1H3,(H,33,36)(H,34,39)(H,37,38). The maximum atomic E-state index is 11.9. The van der Waals surface area contributed by atoms with E-state index in [0.717, 1.165) is 63.2 Å². The minimum absolute atomic E-state index is 0.0284. The van der Waals surface area contributed by atoms with E-state index < -0.39 is 17.8 Å². The van der Waals surface area contributed by atoms with Crippen molar-refractivity contribution in [1.82, 2.24) is 5.32 Å². The molecule has 0 radical (unpaired) electrons. The summed E-state index contributed by atoms with van der Waals surface area (Å²) in [7, 11) is 0. The first kappa shape index (κ1) is 35.3. The van der Waals surface area contributed by atoms with E-state index in [4.69, 9.17) is 9.84 Å². The number of benzene rings is 1. The summed E-state index contributed by atoms with van der Waals surface area (Å²) in [6.45, 7) is 2.29. The Bertz CT molecular complexity index is 1060. The number of phenols is 1. The van der Waals surface area contributed by atoms with E-state index in [1.54, 1.807) is 11.8 Å². The molecule has 0 aliphatic rings. The van der Waals surface area contributed by atoms with Crippen LogP contribution in [0.5, 0.6) is 5.75 Å². The minimum Gasteiger partial charge on any atom is -0.507 e. The smallest absolute Gasteiger partial charge is 0.411 e. The number of nitrogens with one attached hydrogen (secondary N) is 2. The third-order valence-corrected chi connectivity index (χ3v) is 6.47. The van der Waals surface area contributed by atoms with Crippen molar-refractivity contribution >= 4 is 35.4 Å². The fourth-order valence-electron chi connectivity index (χ4n) is 3.32. The van der Waals surface area contributed by atoms with Crippen LogP contribution in [0.2, 0.25) is 0 Å². The van der Waals surface area contributed by atoms with Crippen LogP contribution in [-0.2, 0) is 9.53 Å². The molecule has 1 rings (SSSR count). The van der Waals surface area contributed by atoms with Gasteiger partial charge in [0.25, 0.3) is 0 Å². The molecule has 4 N–H and O–H groups in total. The van der Waals surface area contributed by atoms with Gasteiger partial charge < -0.3 is 20.3 Å². The summed E-state index contributed by atoms with van der Waals surface area (Å²) in [5.41, 5.74) is -0.159. The molecule has 0 saturated carbocycles. The molecule has 0 unspecified atom stereocenters. The van der Waals surface area contributed by atoms with Gasteiger partial charge in [-0.15, -0.1) is 0 Å². The van der Waals surface area contributed by atoms with Crippen LogP contribution in [0.15, 0.2) is 79.0 Å². The van der Waals surface area contributed by atoms with Crippen molar-refractivity contribution in [1.29, 1.82) is 0 Å². The Morgan fingerprint density at radius 1 is 0.878 bits per heavy atom. The second-order valence-electron chi connectivity index (χ2n) is 8.90. The van der Waals surface area contributed by atoms with Crippen molar-refractivity contribution in [2.45, 2.75) is 58.3 Å². The highest BCUT2D eigenvalue weighted by molar-refractivity contribution is 7.99. The minimum atomic E-state index is -1.31. The second-order valence-corrected chi connectivity index (χ2v) is 10.0. The molecule has 1 aromatic carbocycles. The number of carbonyl (C=O) groups excluding carboxylic acids is 2. The Kier molecular flexibility index (Phi) is 20.8. The van der Waals surface area contributed by atoms with E-state index in [9.17, 15) is 19.5 Å². The van der Waals surface area contributed by atoms with Crippen molar-refractivity contribution in [3.8, 4) is 5.75 Å². The third-order valence-electron chi connectivity index (χ3n) is 5.43. The fraction of sp³-hybridized carbons (Fsp3) is 0.406. The van der Waals surface area contributed by atoms with Gasteiger partial charge in [-0.05, 0) is 75.3 Å². The monoisotopic (exact) mass is 584 g/mol. The number of rotatable bonds is 21. The van der Waals surface area contributed by atoms with Gasteiger partial charge in [-0.3, -0.25) is 10.1 Å². The van der Waals surface area contributed by atoms with Crippen molar-refractivity contribution < 1.29 is 29.3 Å². The van der Waals surface area contributed by atoms with Crippen LogP contribution in [0.1, 0.15) is 68.6 Å². The van der Waals surface area contributed by atoms with Gasteiger partial charge in [-0.2, -0.15) is 11.8 Å². The summed E-state index contributed by atoms with van der Waals surface area (Å²) in [5.74, 6) is -0.587. The van der Waals surface area contributed by atoms with E-state index in [-0.39, 0.29) is 30.3 Å². The van der Waals surface area contributed by atoms with Crippen LogP contribution in [0.4, 0.5) is 10.5 Å². The number of thioether (sulfide) groups is 1. The molecule has 0 atom stereocenters. The number of carbonyl (C=O) groups is 3. The highest BCUT2D eigenvalue weighted by atomic mass is 32.2. The molecule has 224 valence electrons. The van der Waals surface area contributed by atoms with Gasteiger partial charge in [0.1, 0.15) is 17.9 Å². The highest BCUT2D eigenvalue weighted by Gasteiger charge is 2.12. The Labute approximate surface area is 248 Å². The van der Waals surface area contributed by atoms with Crippen molar-refractivity contribution in [2.24, 2.45) is 0 Å². The lowest BCUT2D eigenvalue weighted by molar-refractivity contribution is -0.118. The third kappa shape index (κ3) is 19.9. The SMILES string of the molecule is CCC=CCC=CCC=CCC=CCC=CCCCCSCC(=O)NCCOC(=O)Nc1ccc(O)c(C(=O)O)c1. The summed E-state index contributed by atoms with van der Waals surface area (Å²) in [6.07, 6.45) is 29.3. The van der Waals surface area contributed by atoms with Gasteiger partial charge in [0, 0.05) is 5.69 Å². The molecule has 41 heavy (non-hydrogen) atoms. The quantitative estimate of drug-likeness (QED) is 0.0673. The van der Waals surface area contributed by atoms with Crippen LogP contribution in [0, 0.1) is 0 Å². The van der Waals surface area contributed by atoms with Gasteiger partial charge in [0.05, 0.1) is 12.3 Å². The Balaban J connectivity index is 1.97. The number of aromatic hydroxyl groups is 1. The number of hydrogen-bond donors (Lipinski definition) is 4. The molecule has 0 bridgehead atoms. The van der Waals surface area contributed by atoms with E-state index in [2.05, 4.69) is 78.3 Å². The first-order valence-corrected chi connectivity index (χ1v) is 15.2. The van der Waals surface area contributed by atoms with Crippen LogP contribution >= 0.6 is 11.8 Å². The average Bonchev–Trinajstić information content (AvgIpc) is 2.95. The molecule has 0 saturated heterocycles. The molecular formula is C32H44N2O6S. The summed E-state index contributed by atoms with van der Waals surface area (Å²) < 4.78 is 4.98. The molecule has 0 aromatic heterocycles. The van der Waals surface area contributed by atoms with Gasteiger partial charge in [-0.1, -0.05) is 67.7 Å². The number of hydrogen-bond acceptors (Lipinski definition) is 6. The number of carboxylic acids is 1. The highest BCUT2D eigenvalue weighted by Crippen LogP contribution is 2.21. The number of ether oxygens (including phenoxy) is 1. The number of allylic oxidation sites excluding steroid dienone is 10. The number of anilines is 1. The van der Waals surface area contributed by atoms with Crippen LogP contribution < -0.4 is 10.6 Å². The van der Waals surface area contributed by atoms with Gasteiger partial charge >= 0.3 is 12.1 Å². The Morgan fingerprint density at radius 2 is 1.49 bits per heavy atom. The lowest BCUT2D eigenvalue weighted by Crippen LogP contribution is -2.30. The molecule has 0 heterocycles. The summed E-state index contributed by atoms with van der Waals surface area (Å²) >= 11 is 1.57. The van der Waals surface area contributed by atoms with Crippen LogP contribution in [-0.4, -0.2) is 52.8 Å². The van der Waals surface area contributed by atoms with Gasteiger partial charge in [-0.25, -0.2) is 9.59 Å². The molecule has 8 nitrogen and oxygen atoms in total. The zero-order valence-electron chi connectivity index (χ0n) is 23.9. The molecule has 1 aromatic rings.